The van der Waals surface area contributed by atoms with Gasteiger partial charge in [-0.3, -0.25) is 0 Å². The lowest BCUT2D eigenvalue weighted by Gasteiger charge is -2.37. The van der Waals surface area contributed by atoms with Crippen LogP contribution in [-0.2, 0) is 4.74 Å². The fraction of sp³-hybridized carbons (Fsp3) is 0.611. The molecule has 2 nitrogen and oxygen atoms in total. The number of nitrogens with zero attached hydrogens (tertiary/aromatic N) is 1. The molecule has 112 valence electrons. The minimum absolute atomic E-state index is 0.267. The number of hydrogen-bond acceptors (Lipinski definition) is 2. The fourth-order valence-corrected chi connectivity index (χ4v) is 5.44. The van der Waals surface area contributed by atoms with Gasteiger partial charge in [0.25, 0.3) is 0 Å². The molecule has 0 spiro atoms. The normalized spacial score (nSPS) is 39.1. The summed E-state index contributed by atoms with van der Waals surface area (Å²) in [6.07, 6.45) is 2.85. The van der Waals surface area contributed by atoms with E-state index in [1.165, 1.54) is 27.5 Å². The van der Waals surface area contributed by atoms with Crippen LogP contribution in [0.25, 0.3) is 0 Å². The molecule has 21 heavy (non-hydrogen) atoms. The molecular weight excluding hydrogens is 373 g/mol. The summed E-state index contributed by atoms with van der Waals surface area (Å²) in [7, 11) is 0. The van der Waals surface area contributed by atoms with Crippen LogP contribution in [0.1, 0.15) is 44.7 Å². The van der Waals surface area contributed by atoms with Gasteiger partial charge in [-0.05, 0) is 65.3 Å². The van der Waals surface area contributed by atoms with Crippen molar-refractivity contribution in [2.45, 2.75) is 52.7 Å². The molecule has 0 radical (unpaired) electrons. The molecule has 3 aliphatic rings. The Morgan fingerprint density at radius 3 is 2.76 bits per heavy atom. The van der Waals surface area contributed by atoms with Crippen LogP contribution in [0.5, 0.6) is 0 Å². The van der Waals surface area contributed by atoms with Gasteiger partial charge in [0.2, 0.25) is 5.90 Å². The van der Waals surface area contributed by atoms with E-state index in [1.54, 1.807) is 0 Å². The Kier molecular flexibility index (Phi) is 2.84. The fourth-order valence-electron chi connectivity index (χ4n) is 4.85. The number of benzene rings is 1. The summed E-state index contributed by atoms with van der Waals surface area (Å²) in [6.45, 7) is 9.39. The summed E-state index contributed by atoms with van der Waals surface area (Å²) >= 11 is 2.41. The molecule has 4 atom stereocenters. The quantitative estimate of drug-likeness (QED) is 0.639. The number of halogens is 1. The molecular formula is C18H22INO. The van der Waals surface area contributed by atoms with Crippen LogP contribution >= 0.6 is 22.6 Å². The summed E-state index contributed by atoms with van der Waals surface area (Å²) in [5, 5.41) is 0. The molecule has 0 N–H and O–H groups in total. The predicted molar refractivity (Wildman–Crippen MR) is 93.7 cm³/mol. The molecule has 1 aromatic rings. The van der Waals surface area contributed by atoms with Gasteiger partial charge in [-0.25, -0.2) is 4.99 Å². The largest absolute Gasteiger partial charge is 0.471 e. The van der Waals surface area contributed by atoms with E-state index in [9.17, 15) is 0 Å². The Hall–Kier alpha value is -0.580. The van der Waals surface area contributed by atoms with Crippen LogP contribution in [0.3, 0.4) is 0 Å². The second-order valence-corrected chi connectivity index (χ2v) is 8.76. The summed E-state index contributed by atoms with van der Waals surface area (Å²) < 4.78 is 7.69. The van der Waals surface area contributed by atoms with Crippen molar-refractivity contribution < 1.29 is 4.74 Å². The molecule has 0 amide bonds. The molecule has 1 aliphatic heterocycles. The molecule has 1 aromatic carbocycles. The third-order valence-electron chi connectivity index (χ3n) is 6.65. The van der Waals surface area contributed by atoms with Crippen molar-refractivity contribution in [2.75, 3.05) is 0 Å². The van der Waals surface area contributed by atoms with E-state index in [2.05, 4.69) is 68.5 Å². The van der Waals surface area contributed by atoms with E-state index in [0.29, 0.717) is 17.4 Å². The summed E-state index contributed by atoms with van der Waals surface area (Å²) in [4.78, 5) is 5.04. The number of hydrogen-bond donors (Lipinski definition) is 0. The average Bonchev–Trinajstić information content (AvgIpc) is 2.99. The molecule has 2 saturated carbocycles. The van der Waals surface area contributed by atoms with Gasteiger partial charge in [0.1, 0.15) is 6.10 Å². The number of aliphatic imine (C=N–C) groups is 1. The van der Waals surface area contributed by atoms with E-state index < -0.39 is 0 Å². The van der Waals surface area contributed by atoms with Gasteiger partial charge >= 0.3 is 0 Å². The molecule has 2 aliphatic carbocycles. The van der Waals surface area contributed by atoms with Crippen molar-refractivity contribution in [1.82, 2.24) is 0 Å². The first-order valence-electron chi connectivity index (χ1n) is 7.86. The summed E-state index contributed by atoms with van der Waals surface area (Å²) in [6, 6.07) is 6.76. The second-order valence-electron chi connectivity index (χ2n) is 7.68. The highest BCUT2D eigenvalue weighted by atomic mass is 127. The maximum atomic E-state index is 6.42. The Morgan fingerprint density at radius 2 is 2.05 bits per heavy atom. The first-order valence-corrected chi connectivity index (χ1v) is 8.94. The van der Waals surface area contributed by atoms with Crippen molar-refractivity contribution in [3.05, 3.63) is 32.9 Å². The highest BCUT2D eigenvalue weighted by molar-refractivity contribution is 14.1. The van der Waals surface area contributed by atoms with Crippen molar-refractivity contribution in [3.8, 4) is 0 Å². The number of fused-ring (bicyclic) bond motifs is 5. The minimum Gasteiger partial charge on any atom is -0.471 e. The molecule has 0 saturated heterocycles. The molecule has 1 heterocycles. The zero-order chi connectivity index (χ0) is 15.0. The van der Waals surface area contributed by atoms with Crippen molar-refractivity contribution in [3.63, 3.8) is 0 Å². The van der Waals surface area contributed by atoms with Gasteiger partial charge in [0, 0.05) is 14.5 Å². The topological polar surface area (TPSA) is 21.6 Å². The number of ether oxygens (including phenoxy) is 1. The Balaban J connectivity index is 1.75. The Morgan fingerprint density at radius 1 is 1.29 bits per heavy atom. The van der Waals surface area contributed by atoms with Crippen LogP contribution < -0.4 is 0 Å². The first-order chi connectivity index (χ1) is 9.86. The predicted octanol–water partition coefficient (Wildman–Crippen LogP) is 4.57. The van der Waals surface area contributed by atoms with Gasteiger partial charge in [-0.2, -0.15) is 0 Å². The van der Waals surface area contributed by atoms with E-state index in [0.717, 1.165) is 5.90 Å². The Bertz CT molecular complexity index is 651. The van der Waals surface area contributed by atoms with Crippen LogP contribution in [0.15, 0.2) is 23.2 Å². The van der Waals surface area contributed by atoms with Crippen molar-refractivity contribution >= 4 is 28.5 Å². The molecule has 2 bridgehead atoms. The van der Waals surface area contributed by atoms with E-state index in [1.807, 2.05) is 0 Å². The third-order valence-corrected chi connectivity index (χ3v) is 8.08. The van der Waals surface area contributed by atoms with Crippen LogP contribution in [0.2, 0.25) is 0 Å². The van der Waals surface area contributed by atoms with Crippen molar-refractivity contribution in [1.29, 1.82) is 0 Å². The van der Waals surface area contributed by atoms with Gasteiger partial charge in [-0.1, -0.05) is 32.9 Å². The second kappa shape index (κ2) is 4.24. The smallest absolute Gasteiger partial charge is 0.217 e. The monoisotopic (exact) mass is 395 g/mol. The SMILES string of the molecule is Cc1cccc(C2=NC3C(O2)[C@]2(C)CC[C@H]3C2(C)C)c1I. The minimum atomic E-state index is 0.267. The molecule has 0 aromatic heterocycles. The standard InChI is InChI=1S/C18H22INO/c1-10-6-5-7-11(13(10)19)16-20-14-12-8-9-18(4,15(14)21-16)17(12,2)3/h5-7,12,14-15H,8-9H2,1-4H3/t12-,14?,15?,18+/m1/s1. The zero-order valence-corrected chi connectivity index (χ0v) is 15.3. The lowest BCUT2D eigenvalue weighted by molar-refractivity contribution is 0.0285. The highest BCUT2D eigenvalue weighted by Gasteiger charge is 2.69. The maximum absolute atomic E-state index is 6.42. The van der Waals surface area contributed by atoms with Gasteiger partial charge in [0.05, 0.1) is 6.04 Å². The number of aryl methyl sites for hydroxylation is 1. The van der Waals surface area contributed by atoms with E-state index in [-0.39, 0.29) is 11.5 Å². The molecule has 3 heteroatoms. The van der Waals surface area contributed by atoms with Crippen molar-refractivity contribution in [2.24, 2.45) is 21.7 Å². The van der Waals surface area contributed by atoms with Crippen LogP contribution in [0.4, 0.5) is 0 Å². The van der Waals surface area contributed by atoms with Gasteiger partial charge in [-0.15, -0.1) is 0 Å². The van der Waals surface area contributed by atoms with E-state index in [4.69, 9.17) is 9.73 Å². The van der Waals surface area contributed by atoms with Gasteiger partial charge < -0.3 is 4.74 Å². The number of rotatable bonds is 1. The summed E-state index contributed by atoms with van der Waals surface area (Å²) in [5.41, 5.74) is 3.08. The molecule has 2 fully saturated rings. The summed E-state index contributed by atoms with van der Waals surface area (Å²) in [5.74, 6) is 1.55. The van der Waals surface area contributed by atoms with Crippen LogP contribution in [0, 0.1) is 27.2 Å². The van der Waals surface area contributed by atoms with Gasteiger partial charge in [0.15, 0.2) is 0 Å². The first kappa shape index (κ1) is 14.0. The zero-order valence-electron chi connectivity index (χ0n) is 13.1. The average molecular weight is 395 g/mol. The molecule has 2 unspecified atom stereocenters. The lowest BCUT2D eigenvalue weighted by atomic mass is 9.70. The molecule has 4 rings (SSSR count). The highest BCUT2D eigenvalue weighted by Crippen LogP contribution is 2.68. The third kappa shape index (κ3) is 1.61. The maximum Gasteiger partial charge on any atom is 0.217 e. The Labute approximate surface area is 140 Å². The van der Waals surface area contributed by atoms with E-state index >= 15 is 0 Å². The van der Waals surface area contributed by atoms with Crippen LogP contribution in [-0.4, -0.2) is 18.0 Å². The lowest BCUT2D eigenvalue weighted by Crippen LogP contribution is -2.39.